The molecule has 0 fully saturated rings. The van der Waals surface area contributed by atoms with E-state index in [-0.39, 0.29) is 18.6 Å². The van der Waals surface area contributed by atoms with Crippen molar-refractivity contribution >= 4 is 18.5 Å². The molecule has 0 aromatic heterocycles. The Labute approximate surface area is 106 Å². The van der Waals surface area contributed by atoms with E-state index in [1.54, 1.807) is 31.4 Å². The standard InChI is InChI=1S/C12H17NO3S/c1-16-8-10(6-7-14)13-12(15)9-2-4-11(17)5-3-9/h2-5,10,14,17H,6-8H2,1H3,(H,13,15). The van der Waals surface area contributed by atoms with Crippen molar-refractivity contribution < 1.29 is 14.6 Å². The number of nitrogens with one attached hydrogen (secondary N) is 1. The van der Waals surface area contributed by atoms with Gasteiger partial charge < -0.3 is 15.2 Å². The fourth-order valence-corrected chi connectivity index (χ4v) is 1.58. The number of aliphatic hydroxyl groups is 1. The lowest BCUT2D eigenvalue weighted by Crippen LogP contribution is -2.38. The van der Waals surface area contributed by atoms with Gasteiger partial charge in [0.05, 0.1) is 12.6 Å². The Morgan fingerprint density at radius 3 is 2.65 bits per heavy atom. The molecular weight excluding hydrogens is 238 g/mol. The van der Waals surface area contributed by atoms with Crippen molar-refractivity contribution in [1.82, 2.24) is 5.32 Å². The van der Waals surface area contributed by atoms with Gasteiger partial charge in [-0.2, -0.15) is 0 Å². The Morgan fingerprint density at radius 1 is 1.47 bits per heavy atom. The number of thiol groups is 1. The third kappa shape index (κ3) is 4.77. The first-order valence-electron chi connectivity index (χ1n) is 5.37. The molecule has 17 heavy (non-hydrogen) atoms. The van der Waals surface area contributed by atoms with E-state index < -0.39 is 0 Å². The van der Waals surface area contributed by atoms with Gasteiger partial charge in [0.2, 0.25) is 0 Å². The van der Waals surface area contributed by atoms with Crippen molar-refractivity contribution in [3.8, 4) is 0 Å². The van der Waals surface area contributed by atoms with Crippen LogP contribution >= 0.6 is 12.6 Å². The molecule has 1 unspecified atom stereocenters. The van der Waals surface area contributed by atoms with Crippen molar-refractivity contribution in [1.29, 1.82) is 0 Å². The maximum absolute atomic E-state index is 11.8. The zero-order valence-corrected chi connectivity index (χ0v) is 10.6. The van der Waals surface area contributed by atoms with Crippen LogP contribution in [-0.4, -0.2) is 37.4 Å². The van der Waals surface area contributed by atoms with Gasteiger partial charge >= 0.3 is 0 Å². The number of ether oxygens (including phenoxy) is 1. The summed E-state index contributed by atoms with van der Waals surface area (Å²) >= 11 is 4.15. The number of benzene rings is 1. The minimum absolute atomic E-state index is 0.0177. The van der Waals surface area contributed by atoms with Gasteiger partial charge in [-0.1, -0.05) is 0 Å². The van der Waals surface area contributed by atoms with E-state index >= 15 is 0 Å². The molecule has 0 aliphatic heterocycles. The first-order chi connectivity index (χ1) is 8.17. The molecule has 0 saturated carbocycles. The van der Waals surface area contributed by atoms with Gasteiger partial charge in [0, 0.05) is 24.2 Å². The number of carbonyl (C=O) groups excluding carboxylic acids is 1. The quantitative estimate of drug-likeness (QED) is 0.667. The molecular formula is C12H17NO3S. The highest BCUT2D eigenvalue weighted by molar-refractivity contribution is 7.80. The Hall–Kier alpha value is -1.04. The summed E-state index contributed by atoms with van der Waals surface area (Å²) in [6, 6.07) is 6.76. The first kappa shape index (κ1) is 14.0. The van der Waals surface area contributed by atoms with Crippen molar-refractivity contribution in [3.63, 3.8) is 0 Å². The smallest absolute Gasteiger partial charge is 0.251 e. The van der Waals surface area contributed by atoms with Crippen molar-refractivity contribution in [2.24, 2.45) is 0 Å². The summed E-state index contributed by atoms with van der Waals surface area (Å²) in [5.41, 5.74) is 0.571. The van der Waals surface area contributed by atoms with E-state index in [1.807, 2.05) is 0 Å². The van der Waals surface area contributed by atoms with Gasteiger partial charge in [0.15, 0.2) is 0 Å². The third-order valence-corrected chi connectivity index (χ3v) is 2.61. The maximum atomic E-state index is 11.8. The maximum Gasteiger partial charge on any atom is 0.251 e. The second-order valence-corrected chi connectivity index (χ2v) is 4.20. The highest BCUT2D eigenvalue weighted by Gasteiger charge is 2.12. The number of aliphatic hydroxyl groups excluding tert-OH is 1. The highest BCUT2D eigenvalue weighted by atomic mass is 32.1. The molecule has 0 aliphatic carbocycles. The molecule has 0 heterocycles. The summed E-state index contributed by atoms with van der Waals surface area (Å²) in [6.07, 6.45) is 0.476. The number of rotatable bonds is 6. The van der Waals surface area contributed by atoms with Crippen LogP contribution in [0.5, 0.6) is 0 Å². The van der Waals surface area contributed by atoms with Gasteiger partial charge in [-0.25, -0.2) is 0 Å². The minimum atomic E-state index is -0.173. The molecule has 4 nitrogen and oxygen atoms in total. The molecule has 0 aliphatic rings. The van der Waals surface area contributed by atoms with Crippen molar-refractivity contribution in [3.05, 3.63) is 29.8 Å². The average molecular weight is 255 g/mol. The lowest BCUT2D eigenvalue weighted by Gasteiger charge is -2.16. The van der Waals surface area contributed by atoms with Crippen LogP contribution in [0, 0.1) is 0 Å². The second kappa shape index (κ2) is 7.32. The largest absolute Gasteiger partial charge is 0.396 e. The zero-order chi connectivity index (χ0) is 12.7. The van der Waals surface area contributed by atoms with Gasteiger partial charge in [-0.15, -0.1) is 12.6 Å². The van der Waals surface area contributed by atoms with Crippen molar-refractivity contribution in [2.75, 3.05) is 20.3 Å². The van der Waals surface area contributed by atoms with Crippen LogP contribution in [0.2, 0.25) is 0 Å². The van der Waals surface area contributed by atoms with Crippen LogP contribution in [-0.2, 0) is 4.74 Å². The Balaban J connectivity index is 2.60. The Bertz CT molecular complexity index is 347. The molecule has 5 heteroatoms. The molecule has 0 spiro atoms. The number of carbonyl (C=O) groups is 1. The molecule has 0 radical (unpaired) electrons. The van der Waals surface area contributed by atoms with Crippen LogP contribution < -0.4 is 5.32 Å². The molecule has 0 saturated heterocycles. The minimum Gasteiger partial charge on any atom is -0.396 e. The van der Waals surface area contributed by atoms with Crippen LogP contribution in [0.1, 0.15) is 16.8 Å². The first-order valence-corrected chi connectivity index (χ1v) is 5.81. The van der Waals surface area contributed by atoms with Gasteiger partial charge in [0.25, 0.3) is 5.91 Å². The average Bonchev–Trinajstić information content (AvgIpc) is 2.30. The second-order valence-electron chi connectivity index (χ2n) is 3.68. The van der Waals surface area contributed by atoms with E-state index in [0.717, 1.165) is 4.90 Å². The summed E-state index contributed by atoms with van der Waals surface area (Å²) in [6.45, 7) is 0.404. The summed E-state index contributed by atoms with van der Waals surface area (Å²) in [5, 5.41) is 11.7. The zero-order valence-electron chi connectivity index (χ0n) is 9.72. The molecule has 94 valence electrons. The number of hydrogen-bond donors (Lipinski definition) is 3. The number of amides is 1. The van der Waals surface area contributed by atoms with E-state index in [2.05, 4.69) is 17.9 Å². The van der Waals surface area contributed by atoms with Crippen molar-refractivity contribution in [2.45, 2.75) is 17.4 Å². The van der Waals surface area contributed by atoms with E-state index in [4.69, 9.17) is 9.84 Å². The molecule has 1 aromatic carbocycles. The Kier molecular flexibility index (Phi) is 6.04. The van der Waals surface area contributed by atoms with Gasteiger partial charge in [0.1, 0.15) is 0 Å². The summed E-state index contributed by atoms with van der Waals surface area (Å²) in [5.74, 6) is -0.172. The summed E-state index contributed by atoms with van der Waals surface area (Å²) in [4.78, 5) is 12.7. The molecule has 1 atom stereocenters. The van der Waals surface area contributed by atoms with Crippen LogP contribution in [0.4, 0.5) is 0 Å². The van der Waals surface area contributed by atoms with Crippen LogP contribution in [0.3, 0.4) is 0 Å². The molecule has 1 amide bonds. The van der Waals surface area contributed by atoms with Crippen LogP contribution in [0.25, 0.3) is 0 Å². The predicted octanol–water partition coefficient (Wildman–Crippen LogP) is 1.10. The van der Waals surface area contributed by atoms with Gasteiger partial charge in [-0.05, 0) is 30.7 Å². The lowest BCUT2D eigenvalue weighted by atomic mass is 10.1. The molecule has 2 N–H and O–H groups in total. The molecule has 0 bridgehead atoms. The molecule has 1 rings (SSSR count). The SMILES string of the molecule is COCC(CCO)NC(=O)c1ccc(S)cc1. The van der Waals surface area contributed by atoms with Crippen LogP contribution in [0.15, 0.2) is 29.2 Å². The number of methoxy groups -OCH3 is 1. The highest BCUT2D eigenvalue weighted by Crippen LogP contribution is 2.08. The Morgan fingerprint density at radius 2 is 2.12 bits per heavy atom. The lowest BCUT2D eigenvalue weighted by molar-refractivity contribution is 0.0878. The molecule has 1 aromatic rings. The topological polar surface area (TPSA) is 58.6 Å². The van der Waals surface area contributed by atoms with E-state index in [1.165, 1.54) is 0 Å². The normalized spacial score (nSPS) is 12.2. The van der Waals surface area contributed by atoms with Gasteiger partial charge in [-0.3, -0.25) is 4.79 Å². The monoisotopic (exact) mass is 255 g/mol. The fourth-order valence-electron chi connectivity index (χ4n) is 1.44. The summed E-state index contributed by atoms with van der Waals surface area (Å²) in [7, 11) is 1.56. The summed E-state index contributed by atoms with van der Waals surface area (Å²) < 4.78 is 4.97. The number of hydrogen-bond acceptors (Lipinski definition) is 4. The van der Waals surface area contributed by atoms with E-state index in [0.29, 0.717) is 18.6 Å². The van der Waals surface area contributed by atoms with E-state index in [9.17, 15) is 4.79 Å². The third-order valence-electron chi connectivity index (χ3n) is 2.31. The predicted molar refractivity (Wildman–Crippen MR) is 68.5 cm³/mol. The fraction of sp³-hybridized carbons (Fsp3) is 0.417.